The van der Waals surface area contributed by atoms with Crippen molar-refractivity contribution in [1.82, 2.24) is 14.8 Å². The van der Waals surface area contributed by atoms with Crippen molar-refractivity contribution in [3.63, 3.8) is 0 Å². The number of aromatic nitrogens is 3. The maximum atomic E-state index is 13.8. The number of rotatable bonds is 10. The number of hydrogen-bond donors (Lipinski definition) is 1. The van der Waals surface area contributed by atoms with Crippen LogP contribution in [0.4, 0.5) is 10.1 Å². The fourth-order valence-corrected chi connectivity index (χ4v) is 3.54. The third kappa shape index (κ3) is 5.85. The van der Waals surface area contributed by atoms with Crippen molar-refractivity contribution in [3.05, 3.63) is 72.8 Å². The Morgan fingerprint density at radius 1 is 1.26 bits per heavy atom. The number of para-hydroxylation sites is 1. The summed E-state index contributed by atoms with van der Waals surface area (Å²) in [7, 11) is 1.58. The lowest BCUT2D eigenvalue weighted by Gasteiger charge is -2.13. The second kappa shape index (κ2) is 10.6. The Labute approximate surface area is 184 Å². The summed E-state index contributed by atoms with van der Waals surface area (Å²) in [4.78, 5) is 12.6. The highest BCUT2D eigenvalue weighted by Gasteiger charge is 2.20. The lowest BCUT2D eigenvalue weighted by molar-refractivity contribution is -0.115. The van der Waals surface area contributed by atoms with Crippen LogP contribution in [0.5, 0.6) is 11.5 Å². The van der Waals surface area contributed by atoms with Gasteiger partial charge in [-0.2, -0.15) is 0 Å². The van der Waals surface area contributed by atoms with Crippen molar-refractivity contribution in [1.29, 1.82) is 0 Å². The molecule has 1 atom stereocenters. The molecule has 0 aliphatic heterocycles. The van der Waals surface area contributed by atoms with Crippen LogP contribution in [0.2, 0.25) is 0 Å². The minimum absolute atomic E-state index is 0.0365. The van der Waals surface area contributed by atoms with Gasteiger partial charge in [-0.15, -0.1) is 16.8 Å². The number of benzene rings is 2. The highest BCUT2D eigenvalue weighted by Crippen LogP contribution is 2.25. The summed E-state index contributed by atoms with van der Waals surface area (Å²) in [6.07, 6.45) is 1.70. The molecule has 0 radical (unpaired) electrons. The number of carbonyl (C=O) groups excluding carboxylic acids is 1. The van der Waals surface area contributed by atoms with Gasteiger partial charge in [0.25, 0.3) is 0 Å². The van der Waals surface area contributed by atoms with Gasteiger partial charge in [0.15, 0.2) is 22.5 Å². The second-order valence-corrected chi connectivity index (χ2v) is 7.80. The van der Waals surface area contributed by atoms with Crippen molar-refractivity contribution in [2.45, 2.75) is 30.5 Å². The molecule has 7 nitrogen and oxygen atoms in total. The van der Waals surface area contributed by atoms with Gasteiger partial charge in [0.2, 0.25) is 5.91 Å². The molecule has 0 saturated carbocycles. The molecule has 3 rings (SSSR count). The Hall–Kier alpha value is -3.33. The first-order valence-corrected chi connectivity index (χ1v) is 10.4. The maximum absolute atomic E-state index is 13.8. The molecule has 0 spiro atoms. The summed E-state index contributed by atoms with van der Waals surface area (Å²) >= 11 is 1.27. The van der Waals surface area contributed by atoms with Gasteiger partial charge < -0.3 is 14.8 Å². The Balaban J connectivity index is 1.66. The van der Waals surface area contributed by atoms with Gasteiger partial charge >= 0.3 is 0 Å². The van der Waals surface area contributed by atoms with Crippen LogP contribution in [0.1, 0.15) is 12.7 Å². The van der Waals surface area contributed by atoms with Crippen LogP contribution < -0.4 is 14.8 Å². The molecule has 1 N–H and O–H groups in total. The molecule has 1 aromatic heterocycles. The minimum atomic E-state index is -0.448. The van der Waals surface area contributed by atoms with Crippen molar-refractivity contribution in [2.75, 3.05) is 12.4 Å². The third-order valence-electron chi connectivity index (χ3n) is 4.31. The minimum Gasteiger partial charge on any atom is -0.497 e. The molecule has 1 amide bonds. The summed E-state index contributed by atoms with van der Waals surface area (Å²) in [5.41, 5.74) is 0.671. The number of nitrogens with zero attached hydrogens (tertiary/aromatic N) is 3. The number of hydrogen-bond acceptors (Lipinski definition) is 6. The van der Waals surface area contributed by atoms with Gasteiger partial charge in [-0.3, -0.25) is 9.36 Å². The molecule has 31 heavy (non-hydrogen) atoms. The lowest BCUT2D eigenvalue weighted by atomic mass is 10.3. The van der Waals surface area contributed by atoms with Gasteiger partial charge in [-0.05, 0) is 43.3 Å². The van der Waals surface area contributed by atoms with E-state index < -0.39 is 11.1 Å². The first-order chi connectivity index (χ1) is 15.0. The molecule has 162 valence electrons. The van der Waals surface area contributed by atoms with Gasteiger partial charge in [0, 0.05) is 12.2 Å². The average molecular weight is 443 g/mol. The van der Waals surface area contributed by atoms with Crippen LogP contribution >= 0.6 is 11.8 Å². The highest BCUT2D eigenvalue weighted by atomic mass is 32.2. The van der Waals surface area contributed by atoms with Gasteiger partial charge in [0.05, 0.1) is 12.4 Å². The van der Waals surface area contributed by atoms with Crippen LogP contribution in [-0.2, 0) is 17.9 Å². The first kappa shape index (κ1) is 22.4. The number of carbonyl (C=O) groups is 1. The van der Waals surface area contributed by atoms with E-state index in [2.05, 4.69) is 22.1 Å². The van der Waals surface area contributed by atoms with E-state index in [-0.39, 0.29) is 18.3 Å². The number of ether oxygens (including phenoxy) is 2. The lowest BCUT2D eigenvalue weighted by Crippen LogP contribution is -2.23. The summed E-state index contributed by atoms with van der Waals surface area (Å²) in [6, 6.07) is 13.2. The Bertz CT molecular complexity index is 1040. The fourth-order valence-electron chi connectivity index (χ4n) is 2.66. The van der Waals surface area contributed by atoms with Gasteiger partial charge in [-0.25, -0.2) is 4.39 Å². The van der Waals surface area contributed by atoms with Crippen LogP contribution in [0.3, 0.4) is 0 Å². The Morgan fingerprint density at radius 3 is 2.68 bits per heavy atom. The normalized spacial score (nSPS) is 11.6. The van der Waals surface area contributed by atoms with E-state index in [0.29, 0.717) is 29.0 Å². The van der Waals surface area contributed by atoms with Gasteiger partial charge in [0.1, 0.15) is 12.4 Å². The zero-order chi connectivity index (χ0) is 22.2. The van der Waals surface area contributed by atoms with E-state index in [9.17, 15) is 9.18 Å². The van der Waals surface area contributed by atoms with Crippen LogP contribution in [-0.4, -0.2) is 33.0 Å². The molecular weight excluding hydrogens is 419 g/mol. The monoisotopic (exact) mass is 442 g/mol. The van der Waals surface area contributed by atoms with E-state index in [1.165, 1.54) is 17.8 Å². The molecule has 0 saturated heterocycles. The number of anilines is 1. The molecule has 1 heterocycles. The van der Waals surface area contributed by atoms with Crippen molar-refractivity contribution in [2.24, 2.45) is 0 Å². The smallest absolute Gasteiger partial charge is 0.237 e. The number of methoxy groups -OCH3 is 1. The standard InChI is InChI=1S/C22H23FN4O3S/c1-4-13-27-20(14-30-19-8-6-5-7-18(19)23)25-26-22(27)31-15(2)21(28)24-16-9-11-17(29-3)12-10-16/h4-12,15H,1,13-14H2,2-3H3,(H,24,28). The van der Waals surface area contributed by atoms with Crippen molar-refractivity contribution in [3.8, 4) is 11.5 Å². The van der Waals surface area contributed by atoms with Crippen molar-refractivity contribution >= 4 is 23.4 Å². The number of halogens is 1. The predicted molar refractivity (Wildman–Crippen MR) is 118 cm³/mol. The third-order valence-corrected chi connectivity index (χ3v) is 5.39. The summed E-state index contributed by atoms with van der Waals surface area (Å²) in [5.74, 6) is 0.733. The molecule has 0 aliphatic rings. The largest absolute Gasteiger partial charge is 0.497 e. The first-order valence-electron chi connectivity index (χ1n) is 9.53. The summed E-state index contributed by atoms with van der Waals surface area (Å²) in [6.45, 7) is 6.01. The zero-order valence-corrected chi connectivity index (χ0v) is 18.1. The summed E-state index contributed by atoms with van der Waals surface area (Å²) in [5, 5.41) is 11.3. The predicted octanol–water partition coefficient (Wildman–Crippen LogP) is 4.31. The number of amides is 1. The number of nitrogens with one attached hydrogen (secondary N) is 1. The van der Waals surface area contributed by atoms with Crippen molar-refractivity contribution < 1.29 is 18.7 Å². The highest BCUT2D eigenvalue weighted by molar-refractivity contribution is 8.00. The summed E-state index contributed by atoms with van der Waals surface area (Å²) < 4.78 is 26.2. The molecule has 9 heteroatoms. The average Bonchev–Trinajstić information content (AvgIpc) is 3.15. The topological polar surface area (TPSA) is 78.3 Å². The van der Waals surface area contributed by atoms with E-state index in [0.717, 1.165) is 0 Å². The van der Waals surface area contributed by atoms with E-state index in [1.807, 2.05) is 0 Å². The van der Waals surface area contributed by atoms with Crippen LogP contribution in [0, 0.1) is 5.82 Å². The van der Waals surface area contributed by atoms with E-state index in [1.54, 1.807) is 67.1 Å². The molecule has 0 fully saturated rings. The molecule has 1 unspecified atom stereocenters. The van der Waals surface area contributed by atoms with Gasteiger partial charge in [-0.1, -0.05) is 30.0 Å². The molecule has 2 aromatic carbocycles. The molecular formula is C22H23FN4O3S. The second-order valence-electron chi connectivity index (χ2n) is 6.50. The molecule has 3 aromatic rings. The quantitative estimate of drug-likeness (QED) is 0.372. The van der Waals surface area contributed by atoms with Crippen LogP contribution in [0.15, 0.2) is 66.3 Å². The number of allylic oxidation sites excluding steroid dienone is 1. The fraction of sp³-hybridized carbons (Fsp3) is 0.227. The zero-order valence-electron chi connectivity index (χ0n) is 17.2. The Morgan fingerprint density at radius 2 is 2.00 bits per heavy atom. The van der Waals surface area contributed by atoms with Crippen LogP contribution in [0.25, 0.3) is 0 Å². The molecule has 0 bridgehead atoms. The Kier molecular flexibility index (Phi) is 7.66. The SMILES string of the molecule is C=CCn1c(COc2ccccc2F)nnc1SC(C)C(=O)Nc1ccc(OC)cc1. The molecule has 0 aliphatic carbocycles. The van der Waals surface area contributed by atoms with E-state index >= 15 is 0 Å². The number of thioether (sulfide) groups is 1. The maximum Gasteiger partial charge on any atom is 0.237 e. The van der Waals surface area contributed by atoms with E-state index in [4.69, 9.17) is 9.47 Å².